The van der Waals surface area contributed by atoms with E-state index < -0.39 is 27.1 Å². The zero-order valence-corrected chi connectivity index (χ0v) is 24.6. The van der Waals surface area contributed by atoms with Crippen molar-refractivity contribution < 1.29 is 33.1 Å². The Morgan fingerprint density at radius 3 is 1.89 bits per heavy atom. The minimum Gasteiger partial charge on any atom is -0.445 e. The van der Waals surface area contributed by atoms with Gasteiger partial charge >= 0.3 is 12.2 Å². The van der Waals surface area contributed by atoms with Crippen LogP contribution in [0.2, 0.25) is 13.1 Å². The van der Waals surface area contributed by atoms with Crippen molar-refractivity contribution in [1.29, 1.82) is 0 Å². The highest BCUT2D eigenvalue weighted by atomic mass is 28.3. The van der Waals surface area contributed by atoms with Crippen LogP contribution in [0.15, 0.2) is 25.3 Å². The summed E-state index contributed by atoms with van der Waals surface area (Å²) < 4.78 is 16.1. The molecule has 1 aliphatic heterocycles. The fourth-order valence-corrected chi connectivity index (χ4v) is 4.81. The molecule has 1 N–H and O–H groups in total. The van der Waals surface area contributed by atoms with Gasteiger partial charge in [0.2, 0.25) is 5.91 Å². The van der Waals surface area contributed by atoms with Crippen molar-refractivity contribution in [3.63, 3.8) is 0 Å². The number of nitrogens with zero attached hydrogens (tertiary/aromatic N) is 2. The van der Waals surface area contributed by atoms with Gasteiger partial charge in [0.15, 0.2) is 9.04 Å². The molecule has 3 amide bonds. The molecule has 0 unspecified atom stereocenters. The van der Waals surface area contributed by atoms with Crippen molar-refractivity contribution in [3.05, 3.63) is 25.3 Å². The number of Topliss-reactive ketones (excluding diaryl/α,β-unsaturated/α-hetero) is 1. The maximum absolute atomic E-state index is 13.5. The van der Waals surface area contributed by atoms with E-state index in [0.717, 1.165) is 0 Å². The van der Waals surface area contributed by atoms with Gasteiger partial charge in [0, 0.05) is 46.3 Å². The van der Waals surface area contributed by atoms with Gasteiger partial charge in [0.05, 0.1) is 11.8 Å². The summed E-state index contributed by atoms with van der Waals surface area (Å²) in [4.78, 5) is 53.3. The number of nitrogens with one attached hydrogen (secondary N) is 1. The molecule has 1 fully saturated rings. The molecule has 0 aliphatic carbocycles. The van der Waals surface area contributed by atoms with E-state index in [9.17, 15) is 19.2 Å². The lowest BCUT2D eigenvalue weighted by Gasteiger charge is -2.46. The number of hydrogen-bond donors (Lipinski definition) is 1. The number of hydrogen-bond acceptors (Lipinski definition) is 7. The van der Waals surface area contributed by atoms with Crippen LogP contribution in [-0.4, -0.2) is 95.8 Å². The molecule has 10 nitrogen and oxygen atoms in total. The van der Waals surface area contributed by atoms with Crippen molar-refractivity contribution in [2.75, 3.05) is 47.0 Å². The van der Waals surface area contributed by atoms with Crippen LogP contribution in [0.3, 0.4) is 0 Å². The van der Waals surface area contributed by atoms with Crippen LogP contribution in [-0.2, 0) is 23.5 Å². The second kappa shape index (κ2) is 14.9. The monoisotopic (exact) mass is 539 g/mol. The van der Waals surface area contributed by atoms with E-state index in [1.165, 1.54) is 36.0 Å². The first-order chi connectivity index (χ1) is 17.2. The highest BCUT2D eigenvalue weighted by Crippen LogP contribution is 2.39. The van der Waals surface area contributed by atoms with Gasteiger partial charge in [0.1, 0.15) is 19.0 Å². The summed E-state index contributed by atoms with van der Waals surface area (Å²) in [5, 5.41) is 2.89. The first-order valence-corrected chi connectivity index (χ1v) is 15.4. The van der Waals surface area contributed by atoms with Crippen LogP contribution in [0.5, 0.6) is 0 Å². The van der Waals surface area contributed by atoms with Crippen LogP contribution in [0.4, 0.5) is 9.59 Å². The summed E-state index contributed by atoms with van der Waals surface area (Å²) in [6.45, 7) is 18.0. The van der Waals surface area contributed by atoms with Crippen molar-refractivity contribution in [2.24, 2.45) is 23.2 Å². The van der Waals surface area contributed by atoms with Crippen LogP contribution in [0.1, 0.15) is 27.2 Å². The van der Waals surface area contributed by atoms with E-state index in [1.807, 2.05) is 0 Å². The Bertz CT molecular complexity index is 795. The SMILES string of the molecule is C=CCOC(=O)N(C)CC(CN(C)C(=O)OCC=C)C(=O)C[C@H]1NC(=O)[C@H]1[C@@H](CO[SiH](C)C)C(C)(C)C. The molecule has 0 aromatic carbocycles. The molecule has 11 heteroatoms. The molecule has 1 saturated heterocycles. The van der Waals surface area contributed by atoms with E-state index in [0.29, 0.717) is 6.61 Å². The van der Waals surface area contributed by atoms with E-state index in [1.54, 1.807) is 0 Å². The topological polar surface area (TPSA) is 114 Å². The molecule has 1 aliphatic rings. The lowest BCUT2D eigenvalue weighted by molar-refractivity contribution is -0.144. The molecule has 1 rings (SSSR count). The number of β-lactam (4-membered cyclic amide) rings is 1. The Morgan fingerprint density at radius 1 is 1.03 bits per heavy atom. The van der Waals surface area contributed by atoms with Gasteiger partial charge in [-0.2, -0.15) is 0 Å². The predicted molar refractivity (Wildman–Crippen MR) is 145 cm³/mol. The van der Waals surface area contributed by atoms with Crippen LogP contribution < -0.4 is 5.32 Å². The van der Waals surface area contributed by atoms with Crippen LogP contribution >= 0.6 is 0 Å². The molecule has 0 radical (unpaired) electrons. The molecule has 1 heterocycles. The number of ketones is 1. The Kier molecular flexibility index (Phi) is 13.1. The molecule has 0 saturated carbocycles. The molecular formula is C26H45N3O7Si. The Hall–Kier alpha value is -2.66. The summed E-state index contributed by atoms with van der Waals surface area (Å²) in [6, 6.07) is -0.347. The Labute approximate surface area is 223 Å². The standard InChI is InChI=1S/C26H45N3O7Si/c1-10-12-34-24(32)28(6)15-18(16-29(7)25(33)35-13-11-2)21(30)14-20-22(23(31)27-20)19(26(3,4)5)17-36-37(8)9/h10-11,18-20,22,37H,1-2,12-17H2,3-9H3,(H,27,31)/t19-,20-,22+/m1/s1. The van der Waals surface area contributed by atoms with Crippen molar-refractivity contribution in [1.82, 2.24) is 15.1 Å². The molecule has 37 heavy (non-hydrogen) atoms. The van der Waals surface area contributed by atoms with Crippen molar-refractivity contribution in [2.45, 2.75) is 46.3 Å². The third kappa shape index (κ3) is 10.3. The van der Waals surface area contributed by atoms with E-state index in [4.69, 9.17) is 13.9 Å². The number of amides is 3. The summed E-state index contributed by atoms with van der Waals surface area (Å²) in [7, 11) is 1.76. The van der Waals surface area contributed by atoms with Gasteiger partial charge in [-0.15, -0.1) is 0 Å². The summed E-state index contributed by atoms with van der Waals surface area (Å²) in [6.07, 6.45) is 1.78. The molecule has 0 bridgehead atoms. The molecule has 0 spiro atoms. The van der Waals surface area contributed by atoms with Crippen LogP contribution in [0, 0.1) is 23.2 Å². The van der Waals surface area contributed by atoms with Crippen LogP contribution in [0.25, 0.3) is 0 Å². The predicted octanol–water partition coefficient (Wildman–Crippen LogP) is 2.85. The maximum atomic E-state index is 13.5. The smallest absolute Gasteiger partial charge is 0.409 e. The van der Waals surface area contributed by atoms with E-state index in [-0.39, 0.29) is 67.7 Å². The number of rotatable bonds is 15. The lowest BCUT2D eigenvalue weighted by atomic mass is 9.66. The molecule has 210 valence electrons. The maximum Gasteiger partial charge on any atom is 0.409 e. The first kappa shape index (κ1) is 32.4. The first-order valence-electron chi connectivity index (χ1n) is 12.6. The minimum absolute atomic E-state index is 0.0317. The summed E-state index contributed by atoms with van der Waals surface area (Å²) in [5.74, 6) is -1.39. The van der Waals surface area contributed by atoms with Gasteiger partial charge in [0.25, 0.3) is 0 Å². The average molecular weight is 540 g/mol. The van der Waals surface area contributed by atoms with Crippen molar-refractivity contribution >= 4 is 32.9 Å². The van der Waals surface area contributed by atoms with Gasteiger partial charge < -0.3 is 29.0 Å². The minimum atomic E-state index is -1.29. The van der Waals surface area contributed by atoms with Gasteiger partial charge in [-0.25, -0.2) is 9.59 Å². The second-order valence-corrected chi connectivity index (χ2v) is 13.3. The molecule has 0 aromatic heterocycles. The summed E-state index contributed by atoms with van der Waals surface area (Å²) >= 11 is 0. The molecule has 3 atom stereocenters. The number of carbonyl (C=O) groups excluding carboxylic acids is 4. The second-order valence-electron chi connectivity index (χ2n) is 10.9. The highest BCUT2D eigenvalue weighted by molar-refractivity contribution is 6.48. The van der Waals surface area contributed by atoms with E-state index >= 15 is 0 Å². The zero-order chi connectivity index (χ0) is 28.3. The Morgan fingerprint density at radius 2 is 1.51 bits per heavy atom. The third-order valence-electron chi connectivity index (χ3n) is 6.36. The van der Waals surface area contributed by atoms with E-state index in [2.05, 4.69) is 52.3 Å². The zero-order valence-electron chi connectivity index (χ0n) is 23.5. The molecule has 0 aromatic rings. The number of ether oxygens (including phenoxy) is 2. The third-order valence-corrected chi connectivity index (χ3v) is 7.22. The van der Waals surface area contributed by atoms with Gasteiger partial charge in [-0.1, -0.05) is 46.1 Å². The summed E-state index contributed by atoms with van der Waals surface area (Å²) in [5.41, 5.74) is -0.198. The fourth-order valence-electron chi connectivity index (χ4n) is 4.22. The normalized spacial score (nSPS) is 17.9. The fraction of sp³-hybridized carbons (Fsp3) is 0.692. The van der Waals surface area contributed by atoms with Gasteiger partial charge in [-0.05, 0) is 24.4 Å². The highest BCUT2D eigenvalue weighted by Gasteiger charge is 2.49. The lowest BCUT2D eigenvalue weighted by Crippen LogP contribution is -2.64. The Balaban J connectivity index is 3.05. The molecular weight excluding hydrogens is 494 g/mol. The largest absolute Gasteiger partial charge is 0.445 e. The number of carbonyl (C=O) groups is 4. The van der Waals surface area contributed by atoms with Crippen molar-refractivity contribution in [3.8, 4) is 0 Å². The average Bonchev–Trinajstić information content (AvgIpc) is 2.81. The van der Waals surface area contributed by atoms with Gasteiger partial charge in [-0.3, -0.25) is 9.59 Å². The quantitative estimate of drug-likeness (QED) is 0.193.